The van der Waals surface area contributed by atoms with E-state index in [0.29, 0.717) is 18.9 Å². The van der Waals surface area contributed by atoms with Gasteiger partial charge in [-0.15, -0.1) is 0 Å². The molecule has 19 heavy (non-hydrogen) atoms. The van der Waals surface area contributed by atoms with Crippen LogP contribution in [0.15, 0.2) is 16.8 Å². The van der Waals surface area contributed by atoms with E-state index in [2.05, 4.69) is 10.3 Å². The van der Waals surface area contributed by atoms with Gasteiger partial charge in [0.1, 0.15) is 6.23 Å². The number of amides is 1. The highest BCUT2D eigenvalue weighted by atomic mass is 16.3. The van der Waals surface area contributed by atoms with Gasteiger partial charge in [-0.3, -0.25) is 9.79 Å². The van der Waals surface area contributed by atoms with E-state index < -0.39 is 11.6 Å². The molecule has 1 saturated heterocycles. The second kappa shape index (κ2) is 5.74. The van der Waals surface area contributed by atoms with E-state index in [9.17, 15) is 9.90 Å². The first-order valence-corrected chi connectivity index (χ1v) is 7.07. The molecule has 0 aromatic carbocycles. The fraction of sp³-hybridized carbons (Fsp3) is 0.714. The van der Waals surface area contributed by atoms with Crippen LogP contribution in [0.1, 0.15) is 45.4 Å². The number of rotatable bonds is 4. The normalized spacial score (nSPS) is 33.3. The molecule has 1 heterocycles. The van der Waals surface area contributed by atoms with Crippen molar-refractivity contribution < 1.29 is 9.90 Å². The first-order valence-electron chi connectivity index (χ1n) is 7.07. The summed E-state index contributed by atoms with van der Waals surface area (Å²) in [5.41, 5.74) is 5.68. The molecule has 1 aliphatic carbocycles. The van der Waals surface area contributed by atoms with Crippen LogP contribution in [-0.4, -0.2) is 29.5 Å². The Morgan fingerprint density at radius 1 is 1.58 bits per heavy atom. The largest absolute Gasteiger partial charge is 0.404 e. The molecule has 1 unspecified atom stereocenters. The maximum atomic E-state index is 12.1. The maximum Gasteiger partial charge on any atom is 0.232 e. The van der Waals surface area contributed by atoms with E-state index in [0.717, 1.165) is 18.4 Å². The highest BCUT2D eigenvalue weighted by molar-refractivity contribution is 5.96. The molecule has 0 bridgehead atoms. The van der Waals surface area contributed by atoms with E-state index in [1.807, 2.05) is 6.92 Å². The minimum absolute atomic E-state index is 0.155. The Kier molecular flexibility index (Phi) is 4.24. The van der Waals surface area contributed by atoms with Crippen molar-refractivity contribution in [1.82, 2.24) is 5.32 Å². The zero-order valence-electron chi connectivity index (χ0n) is 11.4. The monoisotopic (exact) mass is 265 g/mol. The smallest absolute Gasteiger partial charge is 0.232 e. The topological polar surface area (TPSA) is 87.7 Å². The molecule has 1 aliphatic heterocycles. The molecule has 0 radical (unpaired) electrons. The van der Waals surface area contributed by atoms with E-state index >= 15 is 0 Å². The fourth-order valence-electron chi connectivity index (χ4n) is 3.09. The highest BCUT2D eigenvalue weighted by Crippen LogP contribution is 2.39. The van der Waals surface area contributed by atoms with Gasteiger partial charge in [-0.05, 0) is 25.5 Å². The second-order valence-corrected chi connectivity index (χ2v) is 5.47. The second-order valence-electron chi connectivity index (χ2n) is 5.47. The molecule has 5 heteroatoms. The number of carbonyl (C=O) groups excluding carboxylic acids is 1. The summed E-state index contributed by atoms with van der Waals surface area (Å²) in [7, 11) is 0. The number of aliphatic hydroxyl groups excluding tert-OH is 1. The van der Waals surface area contributed by atoms with Gasteiger partial charge in [0.05, 0.1) is 5.41 Å². The third kappa shape index (κ3) is 2.66. The Hall–Kier alpha value is -1.36. The SMILES string of the molecule is CC[C@@]1(/C(C=NC2CCCC2)=C/N)CC(O)NC1=O. The van der Waals surface area contributed by atoms with Crippen LogP contribution in [0.3, 0.4) is 0 Å². The zero-order valence-corrected chi connectivity index (χ0v) is 11.4. The van der Waals surface area contributed by atoms with Gasteiger partial charge in [-0.1, -0.05) is 19.8 Å². The highest BCUT2D eigenvalue weighted by Gasteiger charge is 2.47. The number of nitrogens with one attached hydrogen (secondary N) is 1. The van der Waals surface area contributed by atoms with Crippen LogP contribution < -0.4 is 11.1 Å². The first-order chi connectivity index (χ1) is 9.12. The summed E-state index contributed by atoms with van der Waals surface area (Å²) in [6.45, 7) is 1.94. The van der Waals surface area contributed by atoms with Crippen LogP contribution in [0.25, 0.3) is 0 Å². The molecule has 0 spiro atoms. The number of hydrogen-bond donors (Lipinski definition) is 3. The van der Waals surface area contributed by atoms with Crippen molar-refractivity contribution >= 4 is 12.1 Å². The Morgan fingerprint density at radius 2 is 2.26 bits per heavy atom. The number of aliphatic imine (C=N–C) groups is 1. The van der Waals surface area contributed by atoms with Crippen molar-refractivity contribution in [3.05, 3.63) is 11.8 Å². The van der Waals surface area contributed by atoms with Gasteiger partial charge in [0.15, 0.2) is 0 Å². The molecule has 4 N–H and O–H groups in total. The molecular weight excluding hydrogens is 242 g/mol. The number of hydrogen-bond acceptors (Lipinski definition) is 4. The van der Waals surface area contributed by atoms with E-state index in [1.165, 1.54) is 19.0 Å². The van der Waals surface area contributed by atoms with Gasteiger partial charge in [-0.25, -0.2) is 0 Å². The molecule has 2 rings (SSSR count). The van der Waals surface area contributed by atoms with Crippen molar-refractivity contribution in [1.29, 1.82) is 0 Å². The quantitative estimate of drug-likeness (QED) is 0.665. The average molecular weight is 265 g/mol. The van der Waals surface area contributed by atoms with Gasteiger partial charge in [0.25, 0.3) is 0 Å². The van der Waals surface area contributed by atoms with Crippen LogP contribution in [0.2, 0.25) is 0 Å². The van der Waals surface area contributed by atoms with E-state index in [-0.39, 0.29) is 5.91 Å². The molecule has 1 amide bonds. The predicted molar refractivity (Wildman–Crippen MR) is 74.5 cm³/mol. The fourth-order valence-corrected chi connectivity index (χ4v) is 3.09. The third-order valence-electron chi connectivity index (χ3n) is 4.36. The summed E-state index contributed by atoms with van der Waals surface area (Å²) >= 11 is 0. The Labute approximate surface area is 114 Å². The van der Waals surface area contributed by atoms with Gasteiger partial charge in [0, 0.05) is 24.3 Å². The molecule has 2 fully saturated rings. The lowest BCUT2D eigenvalue weighted by atomic mass is 9.76. The van der Waals surface area contributed by atoms with E-state index in [1.54, 1.807) is 6.21 Å². The van der Waals surface area contributed by atoms with Gasteiger partial charge < -0.3 is 16.2 Å². The van der Waals surface area contributed by atoms with Crippen molar-refractivity contribution in [2.75, 3.05) is 0 Å². The maximum absolute atomic E-state index is 12.1. The van der Waals surface area contributed by atoms with Crippen molar-refractivity contribution in [3.63, 3.8) is 0 Å². The molecular formula is C14H23N3O2. The molecule has 0 aromatic rings. The summed E-state index contributed by atoms with van der Waals surface area (Å²) in [4.78, 5) is 16.7. The van der Waals surface area contributed by atoms with Crippen LogP contribution in [0.4, 0.5) is 0 Å². The zero-order chi connectivity index (χ0) is 13.9. The lowest BCUT2D eigenvalue weighted by Gasteiger charge is -2.25. The standard InChI is InChI=1S/C14H23N3O2/c1-2-14(7-12(18)17-13(14)19)10(8-15)9-16-11-5-3-4-6-11/h8-9,11-12,18H,2-7,15H2,1H3,(H,17,19)/b10-8+,16-9?/t12?,14-/m0/s1. The summed E-state index contributed by atoms with van der Waals surface area (Å²) < 4.78 is 0. The lowest BCUT2D eigenvalue weighted by Crippen LogP contribution is -2.34. The number of carbonyl (C=O) groups is 1. The summed E-state index contributed by atoms with van der Waals surface area (Å²) in [6, 6.07) is 0.359. The van der Waals surface area contributed by atoms with Gasteiger partial charge in [0.2, 0.25) is 5.91 Å². The molecule has 106 valence electrons. The molecule has 5 nitrogen and oxygen atoms in total. The summed E-state index contributed by atoms with van der Waals surface area (Å²) in [5.74, 6) is -0.155. The molecule has 2 aliphatic rings. The predicted octanol–water partition coefficient (Wildman–Crippen LogP) is 1.08. The third-order valence-corrected chi connectivity index (χ3v) is 4.36. The lowest BCUT2D eigenvalue weighted by molar-refractivity contribution is -0.126. The van der Waals surface area contributed by atoms with Crippen LogP contribution >= 0.6 is 0 Å². The van der Waals surface area contributed by atoms with Crippen LogP contribution in [-0.2, 0) is 4.79 Å². The van der Waals surface area contributed by atoms with Crippen LogP contribution in [0.5, 0.6) is 0 Å². The minimum atomic E-state index is -0.790. The number of nitrogens with zero attached hydrogens (tertiary/aromatic N) is 1. The first kappa shape index (κ1) is 14.1. The molecule has 0 aromatic heterocycles. The Morgan fingerprint density at radius 3 is 2.74 bits per heavy atom. The Bertz CT molecular complexity index is 399. The number of aliphatic hydroxyl groups is 1. The average Bonchev–Trinajstić information content (AvgIpc) is 2.99. The van der Waals surface area contributed by atoms with E-state index in [4.69, 9.17) is 5.73 Å². The van der Waals surface area contributed by atoms with Gasteiger partial charge >= 0.3 is 0 Å². The summed E-state index contributed by atoms with van der Waals surface area (Å²) in [5, 5.41) is 12.2. The van der Waals surface area contributed by atoms with Crippen LogP contribution in [0, 0.1) is 5.41 Å². The minimum Gasteiger partial charge on any atom is -0.404 e. The van der Waals surface area contributed by atoms with Crippen molar-refractivity contribution in [2.24, 2.45) is 16.1 Å². The van der Waals surface area contributed by atoms with Gasteiger partial charge in [-0.2, -0.15) is 0 Å². The van der Waals surface area contributed by atoms with Crippen molar-refractivity contribution in [2.45, 2.75) is 57.7 Å². The molecule has 2 atom stereocenters. The van der Waals surface area contributed by atoms with Crippen molar-refractivity contribution in [3.8, 4) is 0 Å². The summed E-state index contributed by atoms with van der Waals surface area (Å²) in [6.07, 6.45) is 8.06. The number of nitrogens with two attached hydrogens (primary N) is 1. The Balaban J connectivity index is 2.17. The molecule has 1 saturated carbocycles.